The highest BCUT2D eigenvalue weighted by Gasteiger charge is 2.46. The highest BCUT2D eigenvalue weighted by Crippen LogP contribution is 2.37. The molecule has 0 spiro atoms. The highest BCUT2D eigenvalue weighted by molar-refractivity contribution is 9.10. The smallest absolute Gasteiger partial charge is 0.247 e. The van der Waals surface area contributed by atoms with E-state index >= 15 is 0 Å². The third-order valence-electron chi connectivity index (χ3n) is 5.24. The van der Waals surface area contributed by atoms with Crippen LogP contribution in [0, 0.1) is 11.3 Å². The molecule has 3 aromatic rings. The van der Waals surface area contributed by atoms with Crippen LogP contribution in [0.5, 0.6) is 0 Å². The maximum atomic E-state index is 9.35. The number of pyridine rings is 1. The van der Waals surface area contributed by atoms with Crippen LogP contribution in [0.2, 0.25) is 0 Å². The van der Waals surface area contributed by atoms with E-state index in [1.54, 1.807) is 10.7 Å². The van der Waals surface area contributed by atoms with E-state index < -0.39 is 0 Å². The molecule has 148 valence electrons. The second-order valence-corrected chi connectivity index (χ2v) is 8.26. The quantitative estimate of drug-likeness (QED) is 0.597. The van der Waals surface area contributed by atoms with Crippen molar-refractivity contribution in [3.63, 3.8) is 0 Å². The van der Waals surface area contributed by atoms with Crippen molar-refractivity contribution in [3.05, 3.63) is 47.1 Å². The maximum Gasteiger partial charge on any atom is 0.247 e. The Balaban J connectivity index is 1.41. The lowest BCUT2D eigenvalue weighted by Gasteiger charge is -2.50. The Hall–Kier alpha value is -3.10. The summed E-state index contributed by atoms with van der Waals surface area (Å²) in [5.74, 6) is 0.556. The Morgan fingerprint density at radius 3 is 2.97 bits per heavy atom. The molecule has 29 heavy (non-hydrogen) atoms. The fraction of sp³-hybridized carbons (Fsp3) is 0.333. The van der Waals surface area contributed by atoms with Crippen LogP contribution < -0.4 is 15.6 Å². The zero-order valence-electron chi connectivity index (χ0n) is 15.7. The molecule has 0 unspecified atom stereocenters. The third kappa shape index (κ3) is 3.10. The van der Waals surface area contributed by atoms with Gasteiger partial charge in [0, 0.05) is 38.7 Å². The summed E-state index contributed by atoms with van der Waals surface area (Å²) in [6, 6.07) is 6.31. The van der Waals surface area contributed by atoms with Crippen LogP contribution in [0.4, 0.5) is 11.6 Å². The van der Waals surface area contributed by atoms with Gasteiger partial charge in [0.1, 0.15) is 5.54 Å². The van der Waals surface area contributed by atoms with Crippen molar-refractivity contribution >= 4 is 33.2 Å². The molecule has 1 saturated heterocycles. The Bertz CT molecular complexity index is 1130. The fourth-order valence-corrected chi connectivity index (χ4v) is 4.11. The Kier molecular flexibility index (Phi) is 4.18. The average molecular weight is 455 g/mol. The van der Waals surface area contributed by atoms with Crippen molar-refractivity contribution in [2.75, 3.05) is 36.9 Å². The van der Waals surface area contributed by atoms with Gasteiger partial charge in [0.25, 0.3) is 0 Å². The van der Waals surface area contributed by atoms with Crippen molar-refractivity contribution in [3.8, 4) is 6.07 Å². The van der Waals surface area contributed by atoms with Gasteiger partial charge >= 0.3 is 0 Å². The van der Waals surface area contributed by atoms with Gasteiger partial charge in [-0.2, -0.15) is 15.3 Å². The van der Waals surface area contributed by atoms with Crippen LogP contribution in [-0.4, -0.2) is 56.1 Å². The largest absolute Gasteiger partial charge is 0.363 e. The topological polar surface area (TPSA) is 102 Å². The normalized spacial score (nSPS) is 17.9. The molecule has 2 aliphatic rings. The summed E-state index contributed by atoms with van der Waals surface area (Å²) in [5, 5.41) is 23.5. The SMILES string of the molecule is CN1C=C(Nc2nc3c(N4CC(CC#N)(n5cc(Br)cn5)C4)cccn3n2)CN1. The lowest BCUT2D eigenvalue weighted by Crippen LogP contribution is -2.63. The zero-order chi connectivity index (χ0) is 20.0. The molecule has 0 saturated carbocycles. The summed E-state index contributed by atoms with van der Waals surface area (Å²) in [6.07, 6.45) is 7.93. The minimum atomic E-state index is -0.334. The molecule has 0 aromatic carbocycles. The summed E-state index contributed by atoms with van der Waals surface area (Å²) >= 11 is 3.44. The van der Waals surface area contributed by atoms with Crippen molar-refractivity contribution in [1.29, 1.82) is 5.26 Å². The molecule has 0 radical (unpaired) electrons. The van der Waals surface area contributed by atoms with E-state index in [4.69, 9.17) is 4.98 Å². The number of nitrogens with one attached hydrogen (secondary N) is 2. The number of fused-ring (bicyclic) bond motifs is 1. The molecule has 11 heteroatoms. The van der Waals surface area contributed by atoms with Gasteiger partial charge in [-0.1, -0.05) is 0 Å². The van der Waals surface area contributed by atoms with Crippen LogP contribution in [0.15, 0.2) is 47.1 Å². The summed E-state index contributed by atoms with van der Waals surface area (Å²) in [7, 11) is 1.94. The number of nitrogens with zero attached hydrogens (tertiary/aromatic N) is 8. The molecule has 2 N–H and O–H groups in total. The number of halogens is 1. The molecule has 5 rings (SSSR count). The highest BCUT2D eigenvalue weighted by atomic mass is 79.9. The molecule has 5 heterocycles. The van der Waals surface area contributed by atoms with Crippen molar-refractivity contribution in [2.24, 2.45) is 0 Å². The summed E-state index contributed by atoms with van der Waals surface area (Å²) < 4.78 is 4.58. The Morgan fingerprint density at radius 2 is 2.28 bits per heavy atom. The van der Waals surface area contributed by atoms with Crippen LogP contribution in [0.1, 0.15) is 6.42 Å². The molecule has 3 aromatic heterocycles. The number of aromatic nitrogens is 5. The van der Waals surface area contributed by atoms with E-state index in [0.717, 1.165) is 21.5 Å². The third-order valence-corrected chi connectivity index (χ3v) is 5.65. The minimum absolute atomic E-state index is 0.334. The van der Waals surface area contributed by atoms with E-state index in [1.165, 1.54) is 0 Å². The number of hydrogen-bond acceptors (Lipinski definition) is 8. The predicted molar refractivity (Wildman–Crippen MR) is 111 cm³/mol. The molecular formula is C18H19BrN10. The van der Waals surface area contributed by atoms with Gasteiger partial charge in [0.2, 0.25) is 5.95 Å². The van der Waals surface area contributed by atoms with Gasteiger partial charge in [-0.3, -0.25) is 4.68 Å². The number of nitriles is 1. The van der Waals surface area contributed by atoms with Gasteiger partial charge in [-0.05, 0) is 28.1 Å². The molecule has 2 aliphatic heterocycles. The maximum absolute atomic E-state index is 9.35. The first kappa shape index (κ1) is 18.0. The molecule has 0 aliphatic carbocycles. The first-order chi connectivity index (χ1) is 14.1. The molecular weight excluding hydrogens is 436 g/mol. The molecule has 0 atom stereocenters. The van der Waals surface area contributed by atoms with Gasteiger partial charge in [0.05, 0.1) is 41.1 Å². The monoisotopic (exact) mass is 454 g/mol. The predicted octanol–water partition coefficient (Wildman–Crippen LogP) is 1.52. The first-order valence-electron chi connectivity index (χ1n) is 9.18. The molecule has 10 nitrogen and oxygen atoms in total. The van der Waals surface area contributed by atoms with E-state index in [1.807, 2.05) is 47.5 Å². The molecule has 1 fully saturated rings. The van der Waals surface area contributed by atoms with Gasteiger partial charge in [0.15, 0.2) is 5.65 Å². The molecule has 0 amide bonds. The van der Waals surface area contributed by atoms with Crippen molar-refractivity contribution < 1.29 is 0 Å². The summed E-state index contributed by atoms with van der Waals surface area (Å²) in [5.41, 5.74) is 5.62. The van der Waals surface area contributed by atoms with Crippen LogP contribution in [0.3, 0.4) is 0 Å². The van der Waals surface area contributed by atoms with Gasteiger partial charge in [-0.15, -0.1) is 5.10 Å². The van der Waals surface area contributed by atoms with Crippen LogP contribution in [0.25, 0.3) is 5.65 Å². The van der Waals surface area contributed by atoms with Crippen LogP contribution >= 0.6 is 15.9 Å². The second-order valence-electron chi connectivity index (χ2n) is 7.34. The van der Waals surface area contributed by atoms with E-state index in [-0.39, 0.29) is 5.54 Å². The van der Waals surface area contributed by atoms with Gasteiger partial charge < -0.3 is 15.2 Å². The number of hydrogen-bond donors (Lipinski definition) is 2. The van der Waals surface area contributed by atoms with E-state index in [9.17, 15) is 5.26 Å². The van der Waals surface area contributed by atoms with Gasteiger partial charge in [-0.25, -0.2) is 9.94 Å². The number of rotatable bonds is 5. The summed E-state index contributed by atoms with van der Waals surface area (Å²) in [6.45, 7) is 2.08. The van der Waals surface area contributed by atoms with Crippen molar-refractivity contribution in [2.45, 2.75) is 12.0 Å². The van der Waals surface area contributed by atoms with E-state index in [2.05, 4.69) is 47.8 Å². The van der Waals surface area contributed by atoms with Crippen LogP contribution in [-0.2, 0) is 5.54 Å². The fourth-order valence-electron chi connectivity index (χ4n) is 3.83. The summed E-state index contributed by atoms with van der Waals surface area (Å²) in [4.78, 5) is 6.90. The Labute approximate surface area is 175 Å². The molecule has 0 bridgehead atoms. The Morgan fingerprint density at radius 1 is 1.41 bits per heavy atom. The second kappa shape index (κ2) is 6.75. The lowest BCUT2D eigenvalue weighted by atomic mass is 9.86. The first-order valence-corrected chi connectivity index (χ1v) is 9.98. The standard InChI is InChI=1S/C18H19BrN10/c1-26-10-14(8-21-26)23-17-24-16-15(3-2-6-28(16)25-17)27-11-18(12-27,4-5-20)29-9-13(19)7-22-29/h2-3,6-7,9-10,21H,4,8,11-12H2,1H3,(H,23,25). The number of anilines is 2. The number of hydrazine groups is 1. The zero-order valence-corrected chi connectivity index (χ0v) is 17.3. The lowest BCUT2D eigenvalue weighted by molar-refractivity contribution is 0.198. The minimum Gasteiger partial charge on any atom is -0.363 e. The van der Waals surface area contributed by atoms with Crippen molar-refractivity contribution in [1.82, 2.24) is 34.8 Å². The average Bonchev–Trinajstić information content (AvgIpc) is 3.38. The van der Waals surface area contributed by atoms with E-state index in [0.29, 0.717) is 32.0 Å².